The Morgan fingerprint density at radius 2 is 2.10 bits per heavy atom. The summed E-state index contributed by atoms with van der Waals surface area (Å²) in [5.41, 5.74) is 6.26. The van der Waals surface area contributed by atoms with E-state index in [-0.39, 0.29) is 18.6 Å². The zero-order valence-corrected chi connectivity index (χ0v) is 11.3. The maximum atomic E-state index is 14.1. The highest BCUT2D eigenvalue weighted by atomic mass is 19.1. The largest absolute Gasteiger partial charge is 0.326 e. The highest BCUT2D eigenvalue weighted by Crippen LogP contribution is 2.13. The van der Waals surface area contributed by atoms with Crippen molar-refractivity contribution >= 4 is 11.0 Å². The molecule has 0 aliphatic rings. The van der Waals surface area contributed by atoms with Gasteiger partial charge >= 0.3 is 0 Å². The molecule has 8 heteroatoms. The first-order valence-corrected chi connectivity index (χ1v) is 6.33. The average Bonchev–Trinajstić information content (AvgIpc) is 2.86. The first-order chi connectivity index (χ1) is 10.1. The Labute approximate surface area is 118 Å². The van der Waals surface area contributed by atoms with Gasteiger partial charge in [-0.05, 0) is 0 Å². The molecule has 21 heavy (non-hydrogen) atoms. The van der Waals surface area contributed by atoms with E-state index in [0.29, 0.717) is 22.2 Å². The molecule has 0 unspecified atom stereocenters. The summed E-state index contributed by atoms with van der Waals surface area (Å²) in [5, 5.41) is 12.1. The normalized spacial score (nSPS) is 11.2. The number of benzene rings is 1. The van der Waals surface area contributed by atoms with Crippen molar-refractivity contribution in [3.05, 3.63) is 51.7 Å². The van der Waals surface area contributed by atoms with Crippen LogP contribution in [0, 0.1) is 5.82 Å². The molecule has 7 nitrogen and oxygen atoms in total. The lowest BCUT2D eigenvalue weighted by molar-refractivity contribution is 0.547. The molecule has 0 spiro atoms. The summed E-state index contributed by atoms with van der Waals surface area (Å²) in [6, 6.07) is 4.90. The van der Waals surface area contributed by atoms with Crippen molar-refractivity contribution in [3.63, 3.8) is 0 Å². The minimum Gasteiger partial charge on any atom is -0.326 e. The molecule has 2 N–H and O–H groups in total. The number of nitrogens with zero attached hydrogens (tertiary/aromatic N) is 5. The lowest BCUT2D eigenvalue weighted by atomic mass is 10.1. The average molecular weight is 288 g/mol. The van der Waals surface area contributed by atoms with Crippen molar-refractivity contribution in [1.29, 1.82) is 0 Å². The van der Waals surface area contributed by atoms with Gasteiger partial charge in [0.2, 0.25) is 0 Å². The van der Waals surface area contributed by atoms with Gasteiger partial charge in [0.15, 0.2) is 5.65 Å². The van der Waals surface area contributed by atoms with E-state index < -0.39 is 5.82 Å². The van der Waals surface area contributed by atoms with Crippen LogP contribution >= 0.6 is 0 Å². The van der Waals surface area contributed by atoms with Crippen LogP contribution in [0.3, 0.4) is 0 Å². The summed E-state index contributed by atoms with van der Waals surface area (Å²) in [7, 11) is 1.67. The number of aromatic nitrogens is 5. The molecule has 1 aromatic carbocycles. The minimum atomic E-state index is -0.417. The van der Waals surface area contributed by atoms with Crippen LogP contribution in [-0.4, -0.2) is 24.8 Å². The van der Waals surface area contributed by atoms with Gasteiger partial charge in [-0.2, -0.15) is 5.10 Å². The van der Waals surface area contributed by atoms with E-state index in [2.05, 4.69) is 15.4 Å². The van der Waals surface area contributed by atoms with Gasteiger partial charge in [0.05, 0.1) is 12.7 Å². The van der Waals surface area contributed by atoms with Crippen molar-refractivity contribution in [1.82, 2.24) is 24.8 Å². The predicted molar refractivity (Wildman–Crippen MR) is 74.0 cm³/mol. The summed E-state index contributed by atoms with van der Waals surface area (Å²) < 4.78 is 16.7. The zero-order chi connectivity index (χ0) is 15.0. The summed E-state index contributed by atoms with van der Waals surface area (Å²) in [4.78, 5) is 12.3. The molecule has 108 valence electrons. The Morgan fingerprint density at radius 1 is 1.33 bits per heavy atom. The summed E-state index contributed by atoms with van der Waals surface area (Å²) in [5.74, 6) is -0.417. The van der Waals surface area contributed by atoms with E-state index in [1.807, 2.05) is 0 Å². The Kier molecular flexibility index (Phi) is 3.22. The van der Waals surface area contributed by atoms with Gasteiger partial charge in [0, 0.05) is 24.7 Å². The molecular formula is C13H13FN6O. The van der Waals surface area contributed by atoms with Gasteiger partial charge in [0.1, 0.15) is 11.2 Å². The van der Waals surface area contributed by atoms with Crippen LogP contribution in [0.2, 0.25) is 0 Å². The van der Waals surface area contributed by atoms with Crippen molar-refractivity contribution in [3.8, 4) is 0 Å². The van der Waals surface area contributed by atoms with Crippen LogP contribution in [0.25, 0.3) is 11.0 Å². The van der Waals surface area contributed by atoms with Gasteiger partial charge in [-0.1, -0.05) is 23.4 Å². The molecule has 3 aromatic rings. The number of rotatable bonds is 3. The van der Waals surface area contributed by atoms with Gasteiger partial charge < -0.3 is 5.73 Å². The van der Waals surface area contributed by atoms with E-state index in [1.54, 1.807) is 25.2 Å². The Bertz CT molecular complexity index is 869. The zero-order valence-electron chi connectivity index (χ0n) is 11.3. The van der Waals surface area contributed by atoms with E-state index in [4.69, 9.17) is 5.73 Å². The fourth-order valence-corrected chi connectivity index (χ4v) is 2.15. The summed E-state index contributed by atoms with van der Waals surface area (Å²) in [6.45, 7) is 0.0955. The predicted octanol–water partition coefficient (Wildman–Crippen LogP) is 0.171. The molecule has 2 heterocycles. The molecular weight excluding hydrogens is 275 g/mol. The molecule has 0 radical (unpaired) electrons. The maximum Gasteiger partial charge on any atom is 0.281 e. The first-order valence-electron chi connectivity index (χ1n) is 6.33. The number of hydrogen-bond donors (Lipinski definition) is 1. The Balaban J connectivity index is 2.07. The van der Waals surface area contributed by atoms with Crippen molar-refractivity contribution < 1.29 is 4.39 Å². The fourth-order valence-electron chi connectivity index (χ4n) is 2.15. The second kappa shape index (κ2) is 5.06. The number of fused-ring (bicyclic) bond motifs is 1. The van der Waals surface area contributed by atoms with Crippen LogP contribution < -0.4 is 11.3 Å². The Hall–Kier alpha value is -2.61. The first kappa shape index (κ1) is 13.4. The third kappa shape index (κ3) is 2.19. The van der Waals surface area contributed by atoms with Gasteiger partial charge in [-0.3, -0.25) is 4.79 Å². The number of nitrogens with two attached hydrogens (primary N) is 1. The van der Waals surface area contributed by atoms with Crippen LogP contribution in [0.5, 0.6) is 0 Å². The quantitative estimate of drug-likeness (QED) is 0.742. The van der Waals surface area contributed by atoms with Crippen molar-refractivity contribution in [2.75, 3.05) is 0 Å². The summed E-state index contributed by atoms with van der Waals surface area (Å²) in [6.07, 6.45) is 1.43. The van der Waals surface area contributed by atoms with E-state index in [0.717, 1.165) is 4.68 Å². The van der Waals surface area contributed by atoms with Gasteiger partial charge in [-0.15, -0.1) is 5.10 Å². The molecule has 0 aliphatic carbocycles. The SMILES string of the molecule is Cn1ncc2c(=O)n(Cc3cccc(CN)c3F)nnc21. The fraction of sp³-hybridized carbons (Fsp3) is 0.231. The monoisotopic (exact) mass is 288 g/mol. The van der Waals surface area contributed by atoms with E-state index in [1.165, 1.54) is 10.9 Å². The Morgan fingerprint density at radius 3 is 2.86 bits per heavy atom. The molecule has 0 fully saturated rings. The van der Waals surface area contributed by atoms with Crippen LogP contribution in [0.15, 0.2) is 29.2 Å². The van der Waals surface area contributed by atoms with E-state index >= 15 is 0 Å². The molecule has 0 saturated carbocycles. The highest BCUT2D eigenvalue weighted by Gasteiger charge is 2.12. The second-order valence-corrected chi connectivity index (χ2v) is 4.65. The van der Waals surface area contributed by atoms with Crippen molar-refractivity contribution in [2.24, 2.45) is 12.8 Å². The maximum absolute atomic E-state index is 14.1. The molecule has 0 saturated heterocycles. The smallest absolute Gasteiger partial charge is 0.281 e. The van der Waals surface area contributed by atoms with Crippen LogP contribution in [-0.2, 0) is 20.1 Å². The number of hydrogen-bond acceptors (Lipinski definition) is 5. The summed E-state index contributed by atoms with van der Waals surface area (Å²) >= 11 is 0. The minimum absolute atomic E-state index is 0.00363. The third-order valence-electron chi connectivity index (χ3n) is 3.32. The molecule has 0 aliphatic heterocycles. The molecule has 0 atom stereocenters. The second-order valence-electron chi connectivity index (χ2n) is 4.65. The van der Waals surface area contributed by atoms with Gasteiger partial charge in [-0.25, -0.2) is 13.8 Å². The molecule has 0 amide bonds. The highest BCUT2D eigenvalue weighted by molar-refractivity contribution is 5.72. The van der Waals surface area contributed by atoms with E-state index in [9.17, 15) is 9.18 Å². The third-order valence-corrected chi connectivity index (χ3v) is 3.32. The van der Waals surface area contributed by atoms with Crippen LogP contribution in [0.4, 0.5) is 4.39 Å². The molecule has 0 bridgehead atoms. The lowest BCUT2D eigenvalue weighted by Crippen LogP contribution is -2.25. The van der Waals surface area contributed by atoms with Crippen LogP contribution in [0.1, 0.15) is 11.1 Å². The molecule has 2 aromatic heterocycles. The topological polar surface area (TPSA) is 91.6 Å². The number of aryl methyl sites for hydroxylation is 1. The number of halogens is 1. The lowest BCUT2D eigenvalue weighted by Gasteiger charge is -2.07. The van der Waals surface area contributed by atoms with Crippen molar-refractivity contribution in [2.45, 2.75) is 13.1 Å². The standard InChI is InChI=1S/C13H13FN6O/c1-19-12-10(6-16-19)13(21)20(18-17-12)7-9-4-2-3-8(5-15)11(9)14/h2-4,6H,5,7,15H2,1H3. The van der Waals surface area contributed by atoms with Gasteiger partial charge in [0.25, 0.3) is 5.56 Å². The molecule has 3 rings (SSSR count).